The number of nitro groups is 1. The number of nitrogens with zero attached hydrogens (tertiary/aromatic N) is 2. The Morgan fingerprint density at radius 2 is 2.40 bits per heavy atom. The van der Waals surface area contributed by atoms with Gasteiger partial charge in [-0.3, -0.25) is 10.1 Å². The van der Waals surface area contributed by atoms with Crippen LogP contribution in [0.4, 0.5) is 10.8 Å². The molecule has 0 aliphatic carbocycles. The van der Waals surface area contributed by atoms with E-state index >= 15 is 0 Å². The normalized spacial score (nSPS) is 12.1. The molecule has 2 rings (SSSR count). The molecular weight excluding hydrogens is 286 g/mol. The van der Waals surface area contributed by atoms with Crippen molar-refractivity contribution >= 4 is 38.3 Å². The van der Waals surface area contributed by atoms with Gasteiger partial charge in [-0.25, -0.2) is 9.78 Å². The molecule has 1 atom stereocenters. The zero-order chi connectivity index (χ0) is 14.7. The van der Waals surface area contributed by atoms with Gasteiger partial charge in [-0.2, -0.15) is 0 Å². The highest BCUT2D eigenvalue weighted by atomic mass is 32.1. The largest absolute Gasteiger partial charge is 0.467 e. The highest BCUT2D eigenvalue weighted by Crippen LogP contribution is 2.29. The first-order valence-electron chi connectivity index (χ1n) is 5.55. The number of benzene rings is 1. The van der Waals surface area contributed by atoms with Gasteiger partial charge in [-0.1, -0.05) is 11.3 Å². The fraction of sp³-hybridized carbons (Fsp3) is 0.273. The zero-order valence-corrected chi connectivity index (χ0v) is 11.2. The smallest absolute Gasteiger partial charge is 0.330 e. The highest BCUT2D eigenvalue weighted by molar-refractivity contribution is 7.22. The number of hydrogen-bond donors (Lipinski definition) is 2. The lowest BCUT2D eigenvalue weighted by Gasteiger charge is -2.12. The van der Waals surface area contributed by atoms with Crippen molar-refractivity contribution in [2.45, 2.75) is 6.04 Å². The fourth-order valence-corrected chi connectivity index (χ4v) is 2.51. The highest BCUT2D eigenvalue weighted by Gasteiger charge is 2.19. The Balaban J connectivity index is 2.27. The quantitative estimate of drug-likeness (QED) is 0.483. The van der Waals surface area contributed by atoms with Crippen molar-refractivity contribution in [1.29, 1.82) is 0 Å². The van der Waals surface area contributed by atoms with Gasteiger partial charge >= 0.3 is 5.97 Å². The molecule has 0 amide bonds. The van der Waals surface area contributed by atoms with Crippen LogP contribution in [-0.4, -0.2) is 40.7 Å². The number of ether oxygens (including phenoxy) is 1. The lowest BCUT2D eigenvalue weighted by atomic mass is 10.3. The molecule has 0 unspecified atom stereocenters. The molecule has 1 heterocycles. The molecule has 0 aliphatic rings. The van der Waals surface area contributed by atoms with Crippen LogP contribution in [0.15, 0.2) is 18.2 Å². The third-order valence-electron chi connectivity index (χ3n) is 2.55. The average molecular weight is 297 g/mol. The molecule has 0 aliphatic heterocycles. The van der Waals surface area contributed by atoms with Gasteiger partial charge in [0.05, 0.1) is 28.9 Å². The van der Waals surface area contributed by atoms with Crippen molar-refractivity contribution < 1.29 is 19.6 Å². The summed E-state index contributed by atoms with van der Waals surface area (Å²) in [4.78, 5) is 25.7. The number of carbonyl (C=O) groups excluding carboxylic acids is 1. The maximum atomic E-state index is 11.3. The molecule has 9 heteroatoms. The number of hydrogen-bond acceptors (Lipinski definition) is 8. The van der Waals surface area contributed by atoms with E-state index in [-0.39, 0.29) is 5.69 Å². The number of aliphatic hydroxyl groups is 1. The Morgan fingerprint density at radius 1 is 1.65 bits per heavy atom. The van der Waals surface area contributed by atoms with E-state index < -0.39 is 23.5 Å². The van der Waals surface area contributed by atoms with E-state index in [0.29, 0.717) is 15.3 Å². The van der Waals surface area contributed by atoms with Gasteiger partial charge in [0.25, 0.3) is 5.69 Å². The lowest BCUT2D eigenvalue weighted by Crippen LogP contribution is -2.33. The molecule has 0 saturated heterocycles. The summed E-state index contributed by atoms with van der Waals surface area (Å²) in [6.45, 7) is -0.442. The molecule has 0 fully saturated rings. The van der Waals surface area contributed by atoms with Crippen LogP contribution < -0.4 is 5.32 Å². The topological polar surface area (TPSA) is 115 Å². The van der Waals surface area contributed by atoms with E-state index in [2.05, 4.69) is 15.0 Å². The van der Waals surface area contributed by atoms with Crippen LogP contribution in [0.25, 0.3) is 10.2 Å². The van der Waals surface area contributed by atoms with Crippen LogP contribution in [0.1, 0.15) is 0 Å². The van der Waals surface area contributed by atoms with Crippen molar-refractivity contribution in [3.8, 4) is 0 Å². The number of nitrogens with one attached hydrogen (secondary N) is 1. The predicted molar refractivity (Wildman–Crippen MR) is 72.8 cm³/mol. The summed E-state index contributed by atoms with van der Waals surface area (Å²) < 4.78 is 5.14. The van der Waals surface area contributed by atoms with Crippen molar-refractivity contribution in [1.82, 2.24) is 4.98 Å². The minimum absolute atomic E-state index is 0.0284. The Morgan fingerprint density at radius 3 is 3.00 bits per heavy atom. The number of carbonyl (C=O) groups is 1. The fourth-order valence-electron chi connectivity index (χ4n) is 1.56. The van der Waals surface area contributed by atoms with Gasteiger partial charge in [0.15, 0.2) is 5.13 Å². The zero-order valence-electron chi connectivity index (χ0n) is 10.4. The summed E-state index contributed by atoms with van der Waals surface area (Å²) >= 11 is 1.15. The molecule has 0 saturated carbocycles. The first-order chi connectivity index (χ1) is 9.55. The Hall–Kier alpha value is -2.26. The van der Waals surface area contributed by atoms with Gasteiger partial charge in [0.2, 0.25) is 0 Å². The number of rotatable bonds is 5. The molecule has 8 nitrogen and oxygen atoms in total. The lowest BCUT2D eigenvalue weighted by molar-refractivity contribution is -0.384. The number of non-ortho nitro benzene ring substituents is 1. The van der Waals surface area contributed by atoms with E-state index in [9.17, 15) is 14.9 Å². The molecule has 0 bridgehead atoms. The van der Waals surface area contributed by atoms with Crippen molar-refractivity contribution in [2.75, 3.05) is 19.0 Å². The number of anilines is 1. The van der Waals surface area contributed by atoms with E-state index in [4.69, 9.17) is 5.11 Å². The third kappa shape index (κ3) is 2.83. The molecule has 0 radical (unpaired) electrons. The van der Waals surface area contributed by atoms with Crippen molar-refractivity contribution in [3.05, 3.63) is 28.3 Å². The average Bonchev–Trinajstić information content (AvgIpc) is 2.85. The third-order valence-corrected chi connectivity index (χ3v) is 3.50. The summed E-state index contributed by atoms with van der Waals surface area (Å²) in [6.07, 6.45) is 0. The molecular formula is C11H11N3O5S. The van der Waals surface area contributed by atoms with Crippen LogP contribution in [0.5, 0.6) is 0 Å². The molecule has 0 spiro atoms. The number of nitro benzene ring substituents is 1. The molecule has 2 N–H and O–H groups in total. The maximum absolute atomic E-state index is 11.3. The second kappa shape index (κ2) is 5.80. The van der Waals surface area contributed by atoms with Crippen LogP contribution in [0.3, 0.4) is 0 Å². The van der Waals surface area contributed by atoms with Crippen LogP contribution in [-0.2, 0) is 9.53 Å². The maximum Gasteiger partial charge on any atom is 0.330 e. The van der Waals surface area contributed by atoms with Gasteiger partial charge in [0.1, 0.15) is 6.04 Å². The first kappa shape index (κ1) is 14.2. The SMILES string of the molecule is COC(=O)[C@H](CO)Nc1nc2ccc([N+](=O)[O-])cc2s1. The van der Waals surface area contributed by atoms with Gasteiger partial charge < -0.3 is 15.2 Å². The van der Waals surface area contributed by atoms with E-state index in [1.165, 1.54) is 25.3 Å². The predicted octanol–water partition coefficient (Wildman–Crippen LogP) is 1.15. The number of fused-ring (bicyclic) bond motifs is 1. The second-order valence-electron chi connectivity index (χ2n) is 3.83. The molecule has 1 aromatic heterocycles. The molecule has 106 valence electrons. The van der Waals surface area contributed by atoms with E-state index in [1.807, 2.05) is 0 Å². The van der Waals surface area contributed by atoms with Crippen LogP contribution >= 0.6 is 11.3 Å². The molecule has 1 aromatic carbocycles. The molecule has 20 heavy (non-hydrogen) atoms. The molecule has 2 aromatic rings. The second-order valence-corrected chi connectivity index (χ2v) is 4.86. The van der Waals surface area contributed by atoms with Gasteiger partial charge in [0, 0.05) is 12.1 Å². The Kier molecular flexibility index (Phi) is 4.11. The first-order valence-corrected chi connectivity index (χ1v) is 6.37. The monoisotopic (exact) mass is 297 g/mol. The number of thiazole rings is 1. The summed E-state index contributed by atoms with van der Waals surface area (Å²) in [5.41, 5.74) is 0.545. The minimum atomic E-state index is -0.921. The summed E-state index contributed by atoms with van der Waals surface area (Å²) in [7, 11) is 1.22. The standard InChI is InChI=1S/C11H11N3O5S/c1-19-10(16)8(5-15)13-11-12-7-3-2-6(14(17)18)4-9(7)20-11/h2-4,8,15H,5H2,1H3,(H,12,13)/t8-/m0/s1. The summed E-state index contributed by atoms with van der Waals surface area (Å²) in [5.74, 6) is -0.613. The minimum Gasteiger partial charge on any atom is -0.467 e. The van der Waals surface area contributed by atoms with Crippen LogP contribution in [0.2, 0.25) is 0 Å². The Labute approximate surface area is 117 Å². The van der Waals surface area contributed by atoms with Crippen LogP contribution in [0, 0.1) is 10.1 Å². The summed E-state index contributed by atoms with van der Waals surface area (Å²) in [5, 5.41) is 22.9. The summed E-state index contributed by atoms with van der Waals surface area (Å²) in [6, 6.07) is 3.37. The number of esters is 1. The van der Waals surface area contributed by atoms with Gasteiger partial charge in [-0.05, 0) is 6.07 Å². The van der Waals surface area contributed by atoms with E-state index in [1.54, 1.807) is 0 Å². The Bertz CT molecular complexity index is 657. The number of aliphatic hydroxyl groups excluding tert-OH is 1. The number of methoxy groups -OCH3 is 1. The van der Waals surface area contributed by atoms with Gasteiger partial charge in [-0.15, -0.1) is 0 Å². The van der Waals surface area contributed by atoms with Crippen molar-refractivity contribution in [2.24, 2.45) is 0 Å². The van der Waals surface area contributed by atoms with E-state index in [0.717, 1.165) is 11.3 Å². The van der Waals surface area contributed by atoms with Crippen molar-refractivity contribution in [3.63, 3.8) is 0 Å². The number of aromatic nitrogens is 1.